The molecule has 0 aliphatic heterocycles. The van der Waals surface area contributed by atoms with Gasteiger partial charge in [-0.3, -0.25) is 0 Å². The van der Waals surface area contributed by atoms with Gasteiger partial charge in [-0.25, -0.2) is 0 Å². The van der Waals surface area contributed by atoms with E-state index in [0.717, 1.165) is 10.5 Å². The van der Waals surface area contributed by atoms with Crippen LogP contribution in [-0.2, 0) is 0 Å². The summed E-state index contributed by atoms with van der Waals surface area (Å²) in [7, 11) is 1.80. The molecular weight excluding hydrogens is 218 g/mol. The van der Waals surface area contributed by atoms with Crippen LogP contribution in [0.1, 0.15) is 11.7 Å². The molecule has 1 atom stereocenters. The molecule has 2 nitrogen and oxygen atoms in total. The van der Waals surface area contributed by atoms with Crippen LogP contribution in [0.3, 0.4) is 0 Å². The Morgan fingerprint density at radius 3 is 2.86 bits per heavy atom. The first-order valence-electron chi connectivity index (χ1n) is 4.35. The molecule has 1 aromatic carbocycles. The Bertz CT molecular complexity index is 306. The van der Waals surface area contributed by atoms with Gasteiger partial charge in [-0.05, 0) is 25.4 Å². The summed E-state index contributed by atoms with van der Waals surface area (Å²) < 4.78 is 0. The molecule has 0 amide bonds. The molecule has 0 spiro atoms. The van der Waals surface area contributed by atoms with Crippen LogP contribution in [0.25, 0.3) is 0 Å². The zero-order chi connectivity index (χ0) is 10.6. The Morgan fingerprint density at radius 1 is 1.57 bits per heavy atom. The Kier molecular flexibility index (Phi) is 4.75. The van der Waals surface area contributed by atoms with Gasteiger partial charge in [-0.15, -0.1) is 11.8 Å². The molecular formula is C10H14ClNOS. The standard InChI is InChI=1S/C10H14ClNOS/c1-12-6-8(13)10-7(11)4-3-5-9(10)14-2/h3-5,8,12-13H,6H2,1-2H3. The molecule has 4 heteroatoms. The molecule has 1 unspecified atom stereocenters. The molecule has 1 rings (SSSR count). The Balaban J connectivity index is 3.03. The maximum atomic E-state index is 9.85. The van der Waals surface area contributed by atoms with Gasteiger partial charge in [0.2, 0.25) is 0 Å². The maximum absolute atomic E-state index is 9.85. The highest BCUT2D eigenvalue weighted by molar-refractivity contribution is 7.98. The first kappa shape index (κ1) is 11.9. The van der Waals surface area contributed by atoms with E-state index >= 15 is 0 Å². The summed E-state index contributed by atoms with van der Waals surface area (Å²) in [6, 6.07) is 5.66. The topological polar surface area (TPSA) is 32.3 Å². The summed E-state index contributed by atoms with van der Waals surface area (Å²) in [5.74, 6) is 0. The number of halogens is 1. The number of rotatable bonds is 4. The average Bonchev–Trinajstić information content (AvgIpc) is 2.17. The number of nitrogens with one attached hydrogen (secondary N) is 1. The van der Waals surface area contributed by atoms with Crippen LogP contribution in [-0.4, -0.2) is 25.0 Å². The molecule has 0 radical (unpaired) electrons. The third-order valence-electron chi connectivity index (χ3n) is 1.96. The van der Waals surface area contributed by atoms with E-state index in [1.54, 1.807) is 24.9 Å². The van der Waals surface area contributed by atoms with E-state index in [2.05, 4.69) is 5.32 Å². The lowest BCUT2D eigenvalue weighted by molar-refractivity contribution is 0.175. The van der Waals surface area contributed by atoms with Crippen LogP contribution in [0.4, 0.5) is 0 Å². The lowest BCUT2D eigenvalue weighted by Gasteiger charge is -2.15. The van der Waals surface area contributed by atoms with E-state index in [4.69, 9.17) is 11.6 Å². The normalized spacial score (nSPS) is 12.9. The number of hydrogen-bond acceptors (Lipinski definition) is 3. The Labute approximate surface area is 93.7 Å². The summed E-state index contributed by atoms with van der Waals surface area (Å²) >= 11 is 7.63. The van der Waals surface area contributed by atoms with E-state index in [1.165, 1.54) is 0 Å². The number of aliphatic hydroxyl groups is 1. The van der Waals surface area contributed by atoms with Crippen molar-refractivity contribution < 1.29 is 5.11 Å². The van der Waals surface area contributed by atoms with Gasteiger partial charge < -0.3 is 10.4 Å². The zero-order valence-electron chi connectivity index (χ0n) is 8.25. The lowest BCUT2D eigenvalue weighted by Crippen LogP contribution is -2.17. The molecule has 0 fully saturated rings. The average molecular weight is 232 g/mol. The first-order valence-corrected chi connectivity index (χ1v) is 5.96. The maximum Gasteiger partial charge on any atom is 0.0939 e. The minimum Gasteiger partial charge on any atom is -0.387 e. The summed E-state index contributed by atoms with van der Waals surface area (Å²) in [5, 5.41) is 13.4. The van der Waals surface area contributed by atoms with Crippen molar-refractivity contribution in [3.63, 3.8) is 0 Å². The smallest absolute Gasteiger partial charge is 0.0939 e. The van der Waals surface area contributed by atoms with Crippen molar-refractivity contribution in [3.8, 4) is 0 Å². The summed E-state index contributed by atoms with van der Waals surface area (Å²) in [6.07, 6.45) is 1.43. The van der Waals surface area contributed by atoms with Crippen LogP contribution in [0.15, 0.2) is 23.1 Å². The van der Waals surface area contributed by atoms with E-state index < -0.39 is 6.10 Å². The molecule has 0 heterocycles. The molecule has 1 aromatic rings. The van der Waals surface area contributed by atoms with Crippen LogP contribution in [0.5, 0.6) is 0 Å². The van der Waals surface area contributed by atoms with Crippen molar-refractivity contribution in [3.05, 3.63) is 28.8 Å². The first-order chi connectivity index (χ1) is 6.70. The van der Waals surface area contributed by atoms with Crippen molar-refractivity contribution in [1.82, 2.24) is 5.32 Å². The van der Waals surface area contributed by atoms with Gasteiger partial charge in [0.15, 0.2) is 0 Å². The lowest BCUT2D eigenvalue weighted by atomic mass is 10.1. The molecule has 0 saturated heterocycles. The zero-order valence-corrected chi connectivity index (χ0v) is 9.82. The van der Waals surface area contributed by atoms with Gasteiger partial charge >= 0.3 is 0 Å². The van der Waals surface area contributed by atoms with Crippen LogP contribution in [0, 0.1) is 0 Å². The van der Waals surface area contributed by atoms with Gasteiger partial charge in [0.25, 0.3) is 0 Å². The molecule has 2 N–H and O–H groups in total. The van der Waals surface area contributed by atoms with Crippen LogP contribution < -0.4 is 5.32 Å². The van der Waals surface area contributed by atoms with Crippen LogP contribution >= 0.6 is 23.4 Å². The predicted molar refractivity (Wildman–Crippen MR) is 62.1 cm³/mol. The van der Waals surface area contributed by atoms with Gasteiger partial charge in [-0.1, -0.05) is 17.7 Å². The molecule has 78 valence electrons. The van der Waals surface area contributed by atoms with Crippen molar-refractivity contribution >= 4 is 23.4 Å². The SMILES string of the molecule is CNCC(O)c1c(Cl)cccc1SC. The second-order valence-corrected chi connectivity index (χ2v) is 4.18. The van der Waals surface area contributed by atoms with E-state index in [0.29, 0.717) is 11.6 Å². The number of aliphatic hydroxyl groups excluding tert-OH is 1. The van der Waals surface area contributed by atoms with Gasteiger partial charge in [0, 0.05) is 22.0 Å². The second kappa shape index (κ2) is 5.61. The van der Waals surface area contributed by atoms with Gasteiger partial charge in [0.05, 0.1) is 6.10 Å². The van der Waals surface area contributed by atoms with Crippen LogP contribution in [0.2, 0.25) is 5.02 Å². The largest absolute Gasteiger partial charge is 0.387 e. The molecule has 0 aromatic heterocycles. The fourth-order valence-electron chi connectivity index (χ4n) is 1.31. The molecule has 14 heavy (non-hydrogen) atoms. The highest BCUT2D eigenvalue weighted by atomic mass is 35.5. The monoisotopic (exact) mass is 231 g/mol. The van der Waals surface area contributed by atoms with Gasteiger partial charge in [-0.2, -0.15) is 0 Å². The highest BCUT2D eigenvalue weighted by Crippen LogP contribution is 2.31. The Morgan fingerprint density at radius 2 is 2.29 bits per heavy atom. The number of hydrogen-bond donors (Lipinski definition) is 2. The minimum absolute atomic E-state index is 0.511. The second-order valence-electron chi connectivity index (χ2n) is 2.93. The van der Waals surface area contributed by atoms with E-state index in [9.17, 15) is 5.11 Å². The van der Waals surface area contributed by atoms with Gasteiger partial charge in [0.1, 0.15) is 0 Å². The fourth-order valence-corrected chi connectivity index (χ4v) is 2.35. The third kappa shape index (κ3) is 2.64. The van der Waals surface area contributed by atoms with E-state index in [1.807, 2.05) is 18.4 Å². The number of benzene rings is 1. The van der Waals surface area contributed by atoms with Crippen molar-refractivity contribution in [2.24, 2.45) is 0 Å². The van der Waals surface area contributed by atoms with Crippen molar-refractivity contribution in [2.45, 2.75) is 11.0 Å². The van der Waals surface area contributed by atoms with Crippen molar-refractivity contribution in [1.29, 1.82) is 0 Å². The minimum atomic E-state index is -0.545. The summed E-state index contributed by atoms with van der Waals surface area (Å²) in [6.45, 7) is 0.511. The molecule has 0 saturated carbocycles. The summed E-state index contributed by atoms with van der Waals surface area (Å²) in [5.41, 5.74) is 0.816. The quantitative estimate of drug-likeness (QED) is 0.781. The molecule has 0 aliphatic carbocycles. The Hall–Kier alpha value is -0.220. The van der Waals surface area contributed by atoms with Crippen molar-refractivity contribution in [2.75, 3.05) is 19.8 Å². The summed E-state index contributed by atoms with van der Waals surface area (Å²) in [4.78, 5) is 1.03. The highest BCUT2D eigenvalue weighted by Gasteiger charge is 2.14. The molecule has 0 bridgehead atoms. The van der Waals surface area contributed by atoms with E-state index in [-0.39, 0.29) is 0 Å². The predicted octanol–water partition coefficient (Wildman–Crippen LogP) is 2.31. The number of likely N-dealkylation sites (N-methyl/N-ethyl adjacent to an activating group) is 1. The molecule has 0 aliphatic rings. The fraction of sp³-hybridized carbons (Fsp3) is 0.400. The number of thioether (sulfide) groups is 1. The third-order valence-corrected chi connectivity index (χ3v) is 3.09.